The second kappa shape index (κ2) is 7.25. The molecule has 0 aromatic carbocycles. The Hall–Kier alpha value is 0.596. The first kappa shape index (κ1) is 17.6. The summed E-state index contributed by atoms with van der Waals surface area (Å²) >= 11 is 1.22. The van der Waals surface area contributed by atoms with Gasteiger partial charge < -0.3 is 5.11 Å². The fourth-order valence-electron chi connectivity index (χ4n) is 1.08. The van der Waals surface area contributed by atoms with Crippen LogP contribution in [-0.2, 0) is 10.3 Å². The maximum absolute atomic E-state index is 10.8. The van der Waals surface area contributed by atoms with E-state index < -0.39 is 11.2 Å². The van der Waals surface area contributed by atoms with Crippen LogP contribution in [0.1, 0.15) is 34.1 Å². The van der Waals surface area contributed by atoms with Gasteiger partial charge in [-0.25, -0.2) is 9.67 Å². The number of aromatic nitrogens is 3. The fourth-order valence-corrected chi connectivity index (χ4v) is 2.00. The van der Waals surface area contributed by atoms with Crippen LogP contribution >= 0.6 is 11.8 Å². The van der Waals surface area contributed by atoms with E-state index in [9.17, 15) is 4.79 Å². The predicted octanol–water partition coefficient (Wildman–Crippen LogP) is 1.34. The van der Waals surface area contributed by atoms with Crippen LogP contribution in [0.5, 0.6) is 0 Å². The van der Waals surface area contributed by atoms with E-state index in [0.29, 0.717) is 5.16 Å². The van der Waals surface area contributed by atoms with Crippen LogP contribution < -0.4 is 0 Å². The van der Waals surface area contributed by atoms with Gasteiger partial charge in [0.2, 0.25) is 0 Å². The molecule has 7 heteroatoms. The summed E-state index contributed by atoms with van der Waals surface area (Å²) in [5, 5.41) is 13.2. The number of hydrogen-bond donors (Lipinski definition) is 1. The van der Waals surface area contributed by atoms with Gasteiger partial charge in [0.05, 0.1) is 5.54 Å². The first-order valence-corrected chi connectivity index (χ1v) is 6.06. The molecular formula is C10H18KN3O2S. The SMILES string of the molecule is CCC(C)(C)n1ncnc1SC(C)C(=O)O.[KH]. The summed E-state index contributed by atoms with van der Waals surface area (Å²) in [5.41, 5.74) is -0.142. The Morgan fingerprint density at radius 1 is 1.65 bits per heavy atom. The Morgan fingerprint density at radius 3 is 2.71 bits per heavy atom. The molecule has 1 rings (SSSR count). The number of carboxylic acid groups (broad SMARTS) is 1. The second-order valence-electron chi connectivity index (χ2n) is 4.22. The standard InChI is InChI=1S/C10H17N3O2S.K.H/c1-5-10(3,4)13-9(11-6-12-13)16-7(2)8(14)15;;/h6-7H,5H2,1-4H3,(H,14,15);;. The summed E-state index contributed by atoms with van der Waals surface area (Å²) in [7, 11) is 0. The van der Waals surface area contributed by atoms with Crippen molar-refractivity contribution in [1.29, 1.82) is 0 Å². The third-order valence-electron chi connectivity index (χ3n) is 2.59. The van der Waals surface area contributed by atoms with E-state index in [1.165, 1.54) is 18.1 Å². The molecule has 1 heterocycles. The number of hydrogen-bond acceptors (Lipinski definition) is 4. The van der Waals surface area contributed by atoms with Crippen LogP contribution in [0.4, 0.5) is 0 Å². The van der Waals surface area contributed by atoms with Gasteiger partial charge in [-0.1, -0.05) is 18.7 Å². The third-order valence-corrected chi connectivity index (χ3v) is 3.63. The zero-order valence-electron chi connectivity index (χ0n) is 9.97. The quantitative estimate of drug-likeness (QED) is 0.652. The minimum atomic E-state index is -0.839. The third kappa shape index (κ3) is 4.64. The van der Waals surface area contributed by atoms with Crippen LogP contribution in [0.25, 0.3) is 0 Å². The molecule has 0 amide bonds. The van der Waals surface area contributed by atoms with Crippen LogP contribution in [-0.4, -0.2) is 82.5 Å². The number of carboxylic acids is 1. The van der Waals surface area contributed by atoms with Gasteiger partial charge in [-0.3, -0.25) is 4.79 Å². The number of nitrogens with zero attached hydrogens (tertiary/aromatic N) is 3. The average Bonchev–Trinajstić information content (AvgIpc) is 2.66. The Balaban J connectivity index is 0.00000256. The van der Waals surface area contributed by atoms with Crippen LogP contribution in [0.2, 0.25) is 0 Å². The minimum absolute atomic E-state index is 0. The zero-order valence-corrected chi connectivity index (χ0v) is 10.8. The molecule has 0 saturated heterocycles. The number of aliphatic carboxylic acids is 1. The first-order chi connectivity index (χ1) is 7.38. The number of thioether (sulfide) groups is 1. The van der Waals surface area contributed by atoms with Crippen molar-refractivity contribution >= 4 is 69.1 Å². The Labute approximate surface area is 148 Å². The summed E-state index contributed by atoms with van der Waals surface area (Å²) < 4.78 is 1.79. The van der Waals surface area contributed by atoms with Gasteiger partial charge in [0.25, 0.3) is 0 Å². The fraction of sp³-hybridized carbons (Fsp3) is 0.700. The predicted molar refractivity (Wildman–Crippen MR) is 69.7 cm³/mol. The van der Waals surface area contributed by atoms with Gasteiger partial charge >= 0.3 is 57.4 Å². The van der Waals surface area contributed by atoms with Gasteiger partial charge in [0, 0.05) is 0 Å². The molecule has 0 fully saturated rings. The molecule has 17 heavy (non-hydrogen) atoms. The van der Waals surface area contributed by atoms with Crippen molar-refractivity contribution in [3.05, 3.63) is 6.33 Å². The van der Waals surface area contributed by atoms with E-state index in [4.69, 9.17) is 5.11 Å². The van der Waals surface area contributed by atoms with Crippen LogP contribution in [0.3, 0.4) is 0 Å². The summed E-state index contributed by atoms with van der Waals surface area (Å²) in [6, 6.07) is 0. The van der Waals surface area contributed by atoms with Gasteiger partial charge in [-0.15, -0.1) is 0 Å². The topological polar surface area (TPSA) is 68.0 Å². The number of rotatable bonds is 5. The molecule has 0 aliphatic heterocycles. The molecule has 92 valence electrons. The van der Waals surface area contributed by atoms with Crippen molar-refractivity contribution < 1.29 is 9.90 Å². The molecule has 1 aromatic heterocycles. The molecule has 1 atom stereocenters. The maximum atomic E-state index is 10.8. The van der Waals surface area contributed by atoms with E-state index in [0.717, 1.165) is 6.42 Å². The second-order valence-corrected chi connectivity index (χ2v) is 5.53. The van der Waals surface area contributed by atoms with E-state index in [1.54, 1.807) is 11.6 Å². The van der Waals surface area contributed by atoms with Crippen molar-refractivity contribution in [1.82, 2.24) is 14.8 Å². The normalized spacial score (nSPS) is 12.9. The molecule has 0 spiro atoms. The molecule has 1 aromatic rings. The van der Waals surface area contributed by atoms with Crippen molar-refractivity contribution in [3.63, 3.8) is 0 Å². The number of carbonyl (C=O) groups is 1. The van der Waals surface area contributed by atoms with Gasteiger partial charge in [-0.2, -0.15) is 5.10 Å². The Morgan fingerprint density at radius 2 is 2.24 bits per heavy atom. The summed E-state index contributed by atoms with van der Waals surface area (Å²) in [6.07, 6.45) is 2.37. The van der Waals surface area contributed by atoms with Gasteiger partial charge in [0.1, 0.15) is 11.6 Å². The Bertz CT molecular complexity index is 381. The summed E-state index contributed by atoms with van der Waals surface area (Å²) in [4.78, 5) is 14.9. The van der Waals surface area contributed by atoms with Crippen molar-refractivity contribution in [3.8, 4) is 0 Å². The van der Waals surface area contributed by atoms with Crippen LogP contribution in [0, 0.1) is 0 Å². The van der Waals surface area contributed by atoms with Crippen molar-refractivity contribution in [2.45, 2.75) is 50.1 Å². The Kier molecular flexibility index (Phi) is 7.50. The van der Waals surface area contributed by atoms with Crippen LogP contribution in [0.15, 0.2) is 11.5 Å². The van der Waals surface area contributed by atoms with Gasteiger partial charge in [-0.05, 0) is 27.2 Å². The van der Waals surface area contributed by atoms with Crippen molar-refractivity contribution in [2.75, 3.05) is 0 Å². The molecule has 0 saturated carbocycles. The zero-order chi connectivity index (χ0) is 12.3. The first-order valence-electron chi connectivity index (χ1n) is 5.18. The molecule has 0 radical (unpaired) electrons. The van der Waals surface area contributed by atoms with Gasteiger partial charge in [0.15, 0.2) is 5.16 Å². The van der Waals surface area contributed by atoms with E-state index in [2.05, 4.69) is 30.9 Å². The molecule has 1 N–H and O–H groups in total. The molecule has 0 aliphatic carbocycles. The van der Waals surface area contributed by atoms with E-state index in [1.807, 2.05) is 0 Å². The molecule has 0 bridgehead atoms. The van der Waals surface area contributed by atoms with E-state index in [-0.39, 0.29) is 56.9 Å². The summed E-state index contributed by atoms with van der Waals surface area (Å²) in [6.45, 7) is 7.82. The molecule has 1 unspecified atom stereocenters. The molecule has 5 nitrogen and oxygen atoms in total. The summed E-state index contributed by atoms with van der Waals surface area (Å²) in [5.74, 6) is -0.839. The molecule has 0 aliphatic rings. The van der Waals surface area contributed by atoms with E-state index >= 15 is 0 Å². The molecular weight excluding hydrogens is 265 g/mol. The monoisotopic (exact) mass is 283 g/mol. The van der Waals surface area contributed by atoms with Crippen molar-refractivity contribution in [2.24, 2.45) is 0 Å². The average molecular weight is 283 g/mol.